The molecular weight excluding hydrogens is 258 g/mol. The molecule has 0 saturated heterocycles. The van der Waals surface area contributed by atoms with Crippen LogP contribution in [0.5, 0.6) is 0 Å². The van der Waals surface area contributed by atoms with Crippen molar-refractivity contribution in [1.82, 2.24) is 0 Å². The summed E-state index contributed by atoms with van der Waals surface area (Å²) in [4.78, 5) is 16.3. The Bertz CT molecular complexity index is 619. The van der Waals surface area contributed by atoms with Crippen molar-refractivity contribution in [3.8, 4) is 0 Å². The lowest BCUT2D eigenvalue weighted by Gasteiger charge is -2.13. The van der Waals surface area contributed by atoms with E-state index in [1.807, 2.05) is 30.3 Å². The Kier molecular flexibility index (Phi) is 3.25. The second-order valence-electron chi connectivity index (χ2n) is 4.32. The molecule has 0 aliphatic carbocycles. The van der Waals surface area contributed by atoms with E-state index >= 15 is 0 Å². The van der Waals surface area contributed by atoms with E-state index in [2.05, 4.69) is 4.99 Å². The number of nitrogens with zero attached hydrogens (tertiary/aromatic N) is 1. The second kappa shape index (κ2) is 5.21. The average Bonchev–Trinajstić information content (AvgIpc) is 3.16. The van der Waals surface area contributed by atoms with Crippen molar-refractivity contribution in [2.75, 3.05) is 7.11 Å². The lowest BCUT2D eigenvalue weighted by Crippen LogP contribution is -2.28. The number of hydrogen-bond acceptors (Lipinski definition) is 5. The maximum atomic E-state index is 11.8. The zero-order chi connectivity index (χ0) is 13.9. The molecule has 5 heteroatoms. The molecule has 0 spiro atoms. The zero-order valence-electron chi connectivity index (χ0n) is 10.9. The number of benzene rings is 1. The van der Waals surface area contributed by atoms with Crippen LogP contribution in [-0.4, -0.2) is 25.1 Å². The van der Waals surface area contributed by atoms with E-state index in [-0.39, 0.29) is 0 Å². The van der Waals surface area contributed by atoms with Crippen LogP contribution in [0.25, 0.3) is 0 Å². The Morgan fingerprint density at radius 3 is 2.65 bits per heavy atom. The highest BCUT2D eigenvalue weighted by Gasteiger charge is 2.40. The molecule has 0 fully saturated rings. The lowest BCUT2D eigenvalue weighted by atomic mass is 10.1. The van der Waals surface area contributed by atoms with Gasteiger partial charge in [0, 0.05) is 5.56 Å². The lowest BCUT2D eigenvalue weighted by molar-refractivity contribution is -0.149. The molecule has 0 unspecified atom stereocenters. The van der Waals surface area contributed by atoms with Crippen LogP contribution < -0.4 is 0 Å². The van der Waals surface area contributed by atoms with Gasteiger partial charge < -0.3 is 13.9 Å². The smallest absolute Gasteiger partial charge is 0.349 e. The van der Waals surface area contributed by atoms with E-state index in [0.29, 0.717) is 11.7 Å². The summed E-state index contributed by atoms with van der Waals surface area (Å²) in [7, 11) is 1.32. The van der Waals surface area contributed by atoms with Gasteiger partial charge in [-0.2, -0.15) is 0 Å². The molecule has 1 aromatic carbocycles. The summed E-state index contributed by atoms with van der Waals surface area (Å²) in [6.07, 6.45) is 0.723. The highest BCUT2D eigenvalue weighted by Crippen LogP contribution is 2.31. The van der Waals surface area contributed by atoms with Crippen LogP contribution in [-0.2, 0) is 14.3 Å². The minimum atomic E-state index is -0.818. The van der Waals surface area contributed by atoms with Crippen molar-refractivity contribution in [1.29, 1.82) is 0 Å². The standard InChI is InChI=1S/C15H13NO4/c1-18-15(17)13-12(11-8-5-9-19-11)16-14(20-13)10-6-3-2-4-7-10/h2-9,12-13H,1H3/t12-,13+/m0/s1. The van der Waals surface area contributed by atoms with Gasteiger partial charge in [0.2, 0.25) is 12.0 Å². The molecule has 0 N–H and O–H groups in total. The summed E-state index contributed by atoms with van der Waals surface area (Å²) < 4.78 is 15.8. The first kappa shape index (κ1) is 12.5. The van der Waals surface area contributed by atoms with Gasteiger partial charge in [0.25, 0.3) is 0 Å². The minimum Gasteiger partial charge on any atom is -0.467 e. The molecule has 102 valence electrons. The number of aliphatic imine (C=N–C) groups is 1. The van der Waals surface area contributed by atoms with Crippen LogP contribution in [0, 0.1) is 0 Å². The number of rotatable bonds is 3. The normalized spacial score (nSPS) is 21.1. The van der Waals surface area contributed by atoms with Gasteiger partial charge in [-0.05, 0) is 24.3 Å². The highest BCUT2D eigenvalue weighted by atomic mass is 16.6. The first-order chi connectivity index (χ1) is 9.79. The van der Waals surface area contributed by atoms with Gasteiger partial charge in [-0.15, -0.1) is 0 Å². The maximum Gasteiger partial charge on any atom is 0.349 e. The molecule has 1 aromatic heterocycles. The number of hydrogen-bond donors (Lipinski definition) is 0. The van der Waals surface area contributed by atoms with Crippen molar-refractivity contribution < 1.29 is 18.7 Å². The van der Waals surface area contributed by atoms with Gasteiger partial charge in [-0.1, -0.05) is 18.2 Å². The molecule has 0 bridgehead atoms. The monoisotopic (exact) mass is 271 g/mol. The quantitative estimate of drug-likeness (QED) is 0.804. The van der Waals surface area contributed by atoms with Gasteiger partial charge in [-0.25, -0.2) is 9.79 Å². The van der Waals surface area contributed by atoms with Crippen LogP contribution >= 0.6 is 0 Å². The number of esters is 1. The molecular formula is C15H13NO4. The van der Waals surface area contributed by atoms with Crippen molar-refractivity contribution in [3.63, 3.8) is 0 Å². The number of carbonyl (C=O) groups is 1. The molecule has 1 aliphatic rings. The Labute approximate surface area is 115 Å². The van der Waals surface area contributed by atoms with Crippen LogP contribution in [0.4, 0.5) is 0 Å². The molecule has 0 amide bonds. The fourth-order valence-electron chi connectivity index (χ4n) is 2.10. The SMILES string of the molecule is COC(=O)[C@@H]1OC(c2ccccc2)=N[C@H]1c1ccco1. The number of furan rings is 1. The summed E-state index contributed by atoms with van der Waals surface area (Å²) >= 11 is 0. The summed E-state index contributed by atoms with van der Waals surface area (Å²) in [5.74, 6) is 0.523. The molecule has 5 nitrogen and oxygen atoms in total. The fraction of sp³-hybridized carbons (Fsp3) is 0.200. The van der Waals surface area contributed by atoms with E-state index in [1.165, 1.54) is 7.11 Å². The topological polar surface area (TPSA) is 61.0 Å². The van der Waals surface area contributed by atoms with Crippen LogP contribution in [0.2, 0.25) is 0 Å². The predicted molar refractivity (Wildman–Crippen MR) is 71.3 cm³/mol. The summed E-state index contributed by atoms with van der Waals surface area (Å²) in [5, 5.41) is 0. The van der Waals surface area contributed by atoms with Crippen molar-refractivity contribution in [2.24, 2.45) is 4.99 Å². The molecule has 2 atom stereocenters. The molecule has 20 heavy (non-hydrogen) atoms. The molecule has 3 rings (SSSR count). The predicted octanol–water partition coefficient (Wildman–Crippen LogP) is 2.34. The van der Waals surface area contributed by atoms with Gasteiger partial charge >= 0.3 is 5.97 Å². The first-order valence-electron chi connectivity index (χ1n) is 6.20. The molecule has 2 heterocycles. The number of methoxy groups -OCH3 is 1. The maximum absolute atomic E-state index is 11.8. The van der Waals surface area contributed by atoms with E-state index in [4.69, 9.17) is 13.9 Å². The third-order valence-corrected chi connectivity index (χ3v) is 3.07. The summed E-state index contributed by atoms with van der Waals surface area (Å²) in [6, 6.07) is 12.4. The molecule has 0 saturated carbocycles. The molecule has 0 radical (unpaired) electrons. The van der Waals surface area contributed by atoms with Crippen LogP contribution in [0.1, 0.15) is 17.4 Å². The first-order valence-corrected chi connectivity index (χ1v) is 6.20. The van der Waals surface area contributed by atoms with E-state index in [0.717, 1.165) is 5.56 Å². The highest BCUT2D eigenvalue weighted by molar-refractivity contribution is 5.97. The summed E-state index contributed by atoms with van der Waals surface area (Å²) in [6.45, 7) is 0. The Morgan fingerprint density at radius 1 is 1.20 bits per heavy atom. The summed E-state index contributed by atoms with van der Waals surface area (Å²) in [5.41, 5.74) is 0.815. The van der Waals surface area contributed by atoms with Gasteiger partial charge in [0.05, 0.1) is 13.4 Å². The zero-order valence-corrected chi connectivity index (χ0v) is 10.9. The van der Waals surface area contributed by atoms with Crippen molar-refractivity contribution >= 4 is 11.9 Å². The largest absolute Gasteiger partial charge is 0.467 e. The van der Waals surface area contributed by atoms with Gasteiger partial charge in [0.15, 0.2) is 6.04 Å². The van der Waals surface area contributed by atoms with Gasteiger partial charge in [-0.3, -0.25) is 0 Å². The van der Waals surface area contributed by atoms with Crippen LogP contribution in [0.3, 0.4) is 0 Å². The molecule has 2 aromatic rings. The van der Waals surface area contributed by atoms with E-state index in [9.17, 15) is 4.79 Å². The van der Waals surface area contributed by atoms with E-state index < -0.39 is 18.1 Å². The van der Waals surface area contributed by atoms with Crippen molar-refractivity contribution in [2.45, 2.75) is 12.1 Å². The Morgan fingerprint density at radius 2 is 2.00 bits per heavy atom. The van der Waals surface area contributed by atoms with Gasteiger partial charge in [0.1, 0.15) is 5.76 Å². The average molecular weight is 271 g/mol. The second-order valence-corrected chi connectivity index (χ2v) is 4.32. The minimum absolute atomic E-state index is 0.419. The third kappa shape index (κ3) is 2.18. The molecule has 1 aliphatic heterocycles. The number of carbonyl (C=O) groups excluding carboxylic acids is 1. The fourth-order valence-corrected chi connectivity index (χ4v) is 2.10. The number of ether oxygens (including phenoxy) is 2. The Balaban J connectivity index is 1.95. The Hall–Kier alpha value is -2.56. The third-order valence-electron chi connectivity index (χ3n) is 3.07. The van der Waals surface area contributed by atoms with E-state index in [1.54, 1.807) is 18.4 Å². The van der Waals surface area contributed by atoms with Crippen LogP contribution in [0.15, 0.2) is 58.1 Å². The van der Waals surface area contributed by atoms with Crippen molar-refractivity contribution in [3.05, 3.63) is 60.1 Å².